The Kier molecular flexibility index (Phi) is 2.72. The molecule has 84 valence electrons. The normalized spacial score (nSPS) is 36.0. The Morgan fingerprint density at radius 1 is 1.43 bits per heavy atom. The highest BCUT2D eigenvalue weighted by Gasteiger charge is 2.53. The van der Waals surface area contributed by atoms with E-state index >= 15 is 0 Å². The Bertz CT molecular complexity index is 223. The zero-order chi connectivity index (χ0) is 11.2. The summed E-state index contributed by atoms with van der Waals surface area (Å²) in [4.78, 5) is 0. The van der Waals surface area contributed by atoms with Crippen LogP contribution in [-0.4, -0.2) is 28.5 Å². The van der Waals surface area contributed by atoms with Gasteiger partial charge in [0.2, 0.25) is 0 Å². The third kappa shape index (κ3) is 1.81. The summed E-state index contributed by atoms with van der Waals surface area (Å²) in [7, 11) is 0. The summed E-state index contributed by atoms with van der Waals surface area (Å²) in [6.07, 6.45) is 0.602. The maximum atomic E-state index is 10.5. The molecule has 0 aliphatic carbocycles. The molecule has 1 rings (SSSR count). The van der Waals surface area contributed by atoms with Crippen LogP contribution in [0, 0.1) is 5.92 Å². The summed E-state index contributed by atoms with van der Waals surface area (Å²) in [5.74, 6) is 0.227. The van der Waals surface area contributed by atoms with Crippen LogP contribution in [0.5, 0.6) is 0 Å². The van der Waals surface area contributed by atoms with Crippen molar-refractivity contribution in [2.45, 2.75) is 57.8 Å². The summed E-state index contributed by atoms with van der Waals surface area (Å²) in [5.41, 5.74) is 4.44. The minimum Gasteiger partial charge on any atom is -0.385 e. The van der Waals surface area contributed by atoms with Crippen LogP contribution in [0.3, 0.4) is 0 Å². The van der Waals surface area contributed by atoms with Gasteiger partial charge in [-0.3, -0.25) is 0 Å². The van der Waals surface area contributed by atoms with Crippen LogP contribution in [0.4, 0.5) is 0 Å². The molecule has 0 spiro atoms. The van der Waals surface area contributed by atoms with Crippen molar-refractivity contribution in [1.82, 2.24) is 0 Å². The molecule has 3 heteroatoms. The number of nitrogens with two attached hydrogens (primary N) is 1. The van der Waals surface area contributed by atoms with Gasteiger partial charge in [-0.05, 0) is 26.7 Å². The van der Waals surface area contributed by atoms with Gasteiger partial charge in [0, 0.05) is 12.0 Å². The van der Waals surface area contributed by atoms with E-state index in [1.54, 1.807) is 0 Å². The van der Waals surface area contributed by atoms with Gasteiger partial charge in [0.1, 0.15) is 5.60 Å². The lowest BCUT2D eigenvalue weighted by atomic mass is 9.71. The maximum absolute atomic E-state index is 10.5. The summed E-state index contributed by atoms with van der Waals surface area (Å²) in [6, 6.07) is 0. The van der Waals surface area contributed by atoms with E-state index in [1.807, 2.05) is 34.6 Å². The molecule has 3 N–H and O–H groups in total. The molecule has 1 heterocycles. The van der Waals surface area contributed by atoms with E-state index in [0.717, 1.165) is 0 Å². The standard InChI is InChI=1S/C11H23NO2/c1-8(2)10(5,12)11(13)6-9(3,4)14-7-11/h8,13H,6-7,12H2,1-5H3. The fourth-order valence-corrected chi connectivity index (χ4v) is 2.00. The number of ether oxygens (including phenoxy) is 1. The smallest absolute Gasteiger partial charge is 0.108 e. The van der Waals surface area contributed by atoms with Gasteiger partial charge >= 0.3 is 0 Å². The Labute approximate surface area is 86.6 Å². The molecular formula is C11H23NO2. The van der Waals surface area contributed by atoms with Crippen molar-refractivity contribution in [2.24, 2.45) is 11.7 Å². The fourth-order valence-electron chi connectivity index (χ4n) is 2.00. The monoisotopic (exact) mass is 201 g/mol. The molecule has 0 saturated carbocycles. The lowest BCUT2D eigenvalue weighted by Gasteiger charge is -2.42. The largest absolute Gasteiger partial charge is 0.385 e. The summed E-state index contributed by atoms with van der Waals surface area (Å²) >= 11 is 0. The molecule has 1 aliphatic heterocycles. The van der Waals surface area contributed by atoms with Gasteiger partial charge in [-0.15, -0.1) is 0 Å². The highest BCUT2D eigenvalue weighted by molar-refractivity contribution is 5.08. The van der Waals surface area contributed by atoms with E-state index in [1.165, 1.54) is 0 Å². The first-order valence-electron chi connectivity index (χ1n) is 5.26. The van der Waals surface area contributed by atoms with Gasteiger partial charge < -0.3 is 15.6 Å². The third-order valence-corrected chi connectivity index (χ3v) is 3.62. The van der Waals surface area contributed by atoms with E-state index in [9.17, 15) is 5.11 Å². The minimum atomic E-state index is -0.898. The van der Waals surface area contributed by atoms with Gasteiger partial charge in [0.05, 0.1) is 12.2 Å². The van der Waals surface area contributed by atoms with E-state index in [0.29, 0.717) is 13.0 Å². The van der Waals surface area contributed by atoms with Crippen molar-refractivity contribution in [3.05, 3.63) is 0 Å². The number of rotatable bonds is 2. The first-order chi connectivity index (χ1) is 6.11. The van der Waals surface area contributed by atoms with Gasteiger partial charge in [-0.25, -0.2) is 0 Å². The van der Waals surface area contributed by atoms with E-state index < -0.39 is 11.1 Å². The van der Waals surface area contributed by atoms with E-state index in [4.69, 9.17) is 10.5 Å². The van der Waals surface area contributed by atoms with Crippen molar-refractivity contribution in [2.75, 3.05) is 6.61 Å². The lowest BCUT2D eigenvalue weighted by molar-refractivity contribution is -0.0537. The van der Waals surface area contributed by atoms with Crippen LogP contribution in [0.15, 0.2) is 0 Å². The molecule has 0 radical (unpaired) electrons. The highest BCUT2D eigenvalue weighted by Crippen LogP contribution is 2.41. The van der Waals surface area contributed by atoms with Crippen LogP contribution >= 0.6 is 0 Å². The molecule has 0 bridgehead atoms. The Hall–Kier alpha value is -0.120. The van der Waals surface area contributed by atoms with Gasteiger partial charge in [-0.2, -0.15) is 0 Å². The molecule has 3 nitrogen and oxygen atoms in total. The lowest BCUT2D eigenvalue weighted by Crippen LogP contribution is -2.62. The Balaban J connectivity index is 2.88. The molecule has 0 aromatic carbocycles. The molecule has 14 heavy (non-hydrogen) atoms. The van der Waals surface area contributed by atoms with Gasteiger partial charge in [0.15, 0.2) is 0 Å². The van der Waals surface area contributed by atoms with Crippen molar-refractivity contribution in [1.29, 1.82) is 0 Å². The molecule has 0 aromatic heterocycles. The van der Waals surface area contributed by atoms with Crippen LogP contribution in [0.2, 0.25) is 0 Å². The zero-order valence-electron chi connectivity index (χ0n) is 9.92. The topological polar surface area (TPSA) is 55.5 Å². The number of aliphatic hydroxyl groups is 1. The van der Waals surface area contributed by atoms with Crippen LogP contribution < -0.4 is 5.73 Å². The average molecular weight is 201 g/mol. The second kappa shape index (κ2) is 3.19. The van der Waals surface area contributed by atoms with Crippen molar-refractivity contribution in [3.8, 4) is 0 Å². The molecular weight excluding hydrogens is 178 g/mol. The quantitative estimate of drug-likeness (QED) is 0.708. The predicted molar refractivity (Wildman–Crippen MR) is 57.0 cm³/mol. The second-order valence-corrected chi connectivity index (χ2v) is 5.69. The molecule has 0 aromatic rings. The Morgan fingerprint density at radius 3 is 2.21 bits per heavy atom. The second-order valence-electron chi connectivity index (χ2n) is 5.69. The van der Waals surface area contributed by atoms with E-state index in [-0.39, 0.29) is 11.5 Å². The average Bonchev–Trinajstić information content (AvgIpc) is 2.26. The zero-order valence-corrected chi connectivity index (χ0v) is 9.92. The van der Waals surface area contributed by atoms with Gasteiger partial charge in [0.25, 0.3) is 0 Å². The fraction of sp³-hybridized carbons (Fsp3) is 1.00. The molecule has 1 aliphatic rings. The molecule has 2 atom stereocenters. The molecule has 1 saturated heterocycles. The number of hydrogen-bond acceptors (Lipinski definition) is 3. The van der Waals surface area contributed by atoms with E-state index in [2.05, 4.69) is 0 Å². The van der Waals surface area contributed by atoms with Gasteiger partial charge in [-0.1, -0.05) is 13.8 Å². The highest BCUT2D eigenvalue weighted by atomic mass is 16.5. The molecule has 0 amide bonds. The minimum absolute atomic E-state index is 0.227. The first kappa shape index (κ1) is 12.0. The van der Waals surface area contributed by atoms with Crippen LogP contribution in [-0.2, 0) is 4.74 Å². The SMILES string of the molecule is CC(C)C(C)(N)C1(O)COC(C)(C)C1. The third-order valence-electron chi connectivity index (χ3n) is 3.62. The van der Waals surface area contributed by atoms with Crippen molar-refractivity contribution < 1.29 is 9.84 Å². The van der Waals surface area contributed by atoms with Crippen LogP contribution in [0.25, 0.3) is 0 Å². The first-order valence-corrected chi connectivity index (χ1v) is 5.26. The number of hydrogen-bond donors (Lipinski definition) is 2. The summed E-state index contributed by atoms with van der Waals surface area (Å²) in [5, 5.41) is 10.5. The Morgan fingerprint density at radius 2 is 1.93 bits per heavy atom. The van der Waals surface area contributed by atoms with Crippen molar-refractivity contribution in [3.63, 3.8) is 0 Å². The van der Waals surface area contributed by atoms with Crippen molar-refractivity contribution >= 4 is 0 Å². The molecule has 2 unspecified atom stereocenters. The predicted octanol–water partition coefficient (Wildman–Crippen LogP) is 1.29. The summed E-state index contributed by atoms with van der Waals surface area (Å²) < 4.78 is 5.56. The summed E-state index contributed by atoms with van der Waals surface area (Å²) in [6.45, 7) is 10.3. The molecule has 1 fully saturated rings. The van der Waals surface area contributed by atoms with Crippen LogP contribution in [0.1, 0.15) is 41.0 Å². The maximum Gasteiger partial charge on any atom is 0.108 e.